The molecule has 0 spiro atoms. The maximum atomic E-state index is 13.2. The molecular formula is C11H10BrFO. The van der Waals surface area contributed by atoms with Crippen LogP contribution in [0.2, 0.25) is 0 Å². The summed E-state index contributed by atoms with van der Waals surface area (Å²) >= 11 is 3.10. The molecule has 2 rings (SSSR count). The number of carbonyl (C=O) groups excluding carboxylic acids is 1. The number of Topliss-reactive ketones (excluding diaryl/α,β-unsaturated/α-hetero) is 1. The summed E-state index contributed by atoms with van der Waals surface area (Å²) in [6, 6.07) is 3.08. The normalized spacial score (nSPS) is 16.3. The highest BCUT2D eigenvalue weighted by atomic mass is 79.9. The van der Waals surface area contributed by atoms with Crippen LogP contribution in [0.25, 0.3) is 0 Å². The summed E-state index contributed by atoms with van der Waals surface area (Å²) in [5.41, 5.74) is 1.55. The van der Waals surface area contributed by atoms with Gasteiger partial charge >= 0.3 is 0 Å². The zero-order valence-electron chi connectivity index (χ0n) is 7.65. The maximum Gasteiger partial charge on any atom is 0.163 e. The Kier molecular flexibility index (Phi) is 2.68. The summed E-state index contributed by atoms with van der Waals surface area (Å²) in [6.07, 6.45) is 3.28. The number of carbonyl (C=O) groups is 1. The highest BCUT2D eigenvalue weighted by Crippen LogP contribution is 2.26. The van der Waals surface area contributed by atoms with Crippen molar-refractivity contribution in [2.45, 2.75) is 25.7 Å². The van der Waals surface area contributed by atoms with Gasteiger partial charge in [0.1, 0.15) is 5.82 Å². The van der Waals surface area contributed by atoms with E-state index in [9.17, 15) is 9.18 Å². The van der Waals surface area contributed by atoms with E-state index in [1.807, 2.05) is 0 Å². The van der Waals surface area contributed by atoms with Crippen molar-refractivity contribution in [2.75, 3.05) is 0 Å². The second-order valence-electron chi connectivity index (χ2n) is 3.55. The van der Waals surface area contributed by atoms with Crippen molar-refractivity contribution in [2.24, 2.45) is 0 Å². The fourth-order valence-electron chi connectivity index (χ4n) is 1.79. The van der Waals surface area contributed by atoms with Gasteiger partial charge in [0.05, 0.1) is 4.47 Å². The molecule has 0 radical (unpaired) electrons. The highest BCUT2D eigenvalue weighted by Gasteiger charge is 2.17. The van der Waals surface area contributed by atoms with Gasteiger partial charge in [0.2, 0.25) is 0 Å². The zero-order chi connectivity index (χ0) is 10.1. The molecule has 0 saturated heterocycles. The molecule has 0 fully saturated rings. The molecule has 14 heavy (non-hydrogen) atoms. The molecule has 1 aliphatic rings. The van der Waals surface area contributed by atoms with Crippen molar-refractivity contribution >= 4 is 21.7 Å². The predicted molar refractivity (Wildman–Crippen MR) is 56.0 cm³/mol. The van der Waals surface area contributed by atoms with Gasteiger partial charge in [-0.25, -0.2) is 4.39 Å². The van der Waals surface area contributed by atoms with E-state index in [-0.39, 0.29) is 11.6 Å². The summed E-state index contributed by atoms with van der Waals surface area (Å²) < 4.78 is 13.6. The molecule has 0 saturated carbocycles. The Labute approximate surface area is 90.4 Å². The highest BCUT2D eigenvalue weighted by molar-refractivity contribution is 9.10. The lowest BCUT2D eigenvalue weighted by Crippen LogP contribution is -2.01. The minimum atomic E-state index is -0.279. The molecule has 0 unspecified atom stereocenters. The van der Waals surface area contributed by atoms with E-state index >= 15 is 0 Å². The van der Waals surface area contributed by atoms with Gasteiger partial charge in [-0.1, -0.05) is 0 Å². The summed E-state index contributed by atoms with van der Waals surface area (Å²) in [6.45, 7) is 0. The molecule has 1 aliphatic carbocycles. The number of hydrogen-bond donors (Lipinski definition) is 0. The molecule has 0 bridgehead atoms. The van der Waals surface area contributed by atoms with E-state index in [0.717, 1.165) is 24.8 Å². The van der Waals surface area contributed by atoms with Crippen LogP contribution in [0.4, 0.5) is 4.39 Å². The monoisotopic (exact) mass is 256 g/mol. The predicted octanol–water partition coefficient (Wildman–Crippen LogP) is 3.50. The van der Waals surface area contributed by atoms with Crippen molar-refractivity contribution in [3.63, 3.8) is 0 Å². The number of benzene rings is 1. The lowest BCUT2D eigenvalue weighted by atomic mass is 10.0. The number of halogens is 2. The summed E-state index contributed by atoms with van der Waals surface area (Å²) in [5, 5.41) is 0. The van der Waals surface area contributed by atoms with Crippen LogP contribution in [0.3, 0.4) is 0 Å². The van der Waals surface area contributed by atoms with Gasteiger partial charge in [0, 0.05) is 12.0 Å². The van der Waals surface area contributed by atoms with Crippen LogP contribution in [0, 0.1) is 5.82 Å². The van der Waals surface area contributed by atoms with Crippen molar-refractivity contribution in [1.29, 1.82) is 0 Å². The Bertz CT molecular complexity index is 387. The van der Waals surface area contributed by atoms with E-state index in [1.54, 1.807) is 6.07 Å². The number of aryl methyl sites for hydroxylation is 1. The number of rotatable bonds is 0. The SMILES string of the molecule is O=C1CCCCc2cc(F)c(Br)cc21. The van der Waals surface area contributed by atoms with Gasteiger partial charge in [0.15, 0.2) is 5.78 Å². The van der Waals surface area contributed by atoms with Gasteiger partial charge in [-0.15, -0.1) is 0 Å². The third-order valence-electron chi connectivity index (χ3n) is 2.55. The Morgan fingerprint density at radius 2 is 1.93 bits per heavy atom. The zero-order valence-corrected chi connectivity index (χ0v) is 9.23. The molecule has 0 atom stereocenters. The fourth-order valence-corrected chi connectivity index (χ4v) is 2.13. The van der Waals surface area contributed by atoms with Gasteiger partial charge in [-0.3, -0.25) is 4.79 Å². The second kappa shape index (κ2) is 3.81. The van der Waals surface area contributed by atoms with E-state index in [2.05, 4.69) is 15.9 Å². The van der Waals surface area contributed by atoms with Gasteiger partial charge in [-0.05, 0) is 52.9 Å². The van der Waals surface area contributed by atoms with E-state index in [4.69, 9.17) is 0 Å². The van der Waals surface area contributed by atoms with Crippen LogP contribution in [0.1, 0.15) is 35.2 Å². The van der Waals surface area contributed by atoms with E-state index in [0.29, 0.717) is 16.5 Å². The first-order valence-corrected chi connectivity index (χ1v) is 5.49. The molecule has 0 amide bonds. The average molecular weight is 257 g/mol. The van der Waals surface area contributed by atoms with Crippen molar-refractivity contribution in [3.05, 3.63) is 33.5 Å². The summed E-state index contributed by atoms with van der Waals surface area (Å²) in [4.78, 5) is 11.6. The van der Waals surface area contributed by atoms with Crippen molar-refractivity contribution < 1.29 is 9.18 Å². The average Bonchev–Trinajstić information content (AvgIpc) is 2.31. The maximum absolute atomic E-state index is 13.2. The molecule has 74 valence electrons. The van der Waals surface area contributed by atoms with Gasteiger partial charge in [-0.2, -0.15) is 0 Å². The molecule has 1 nitrogen and oxygen atoms in total. The smallest absolute Gasteiger partial charge is 0.163 e. The standard InChI is InChI=1S/C11H10BrFO/c12-9-6-8-7(5-10(9)13)3-1-2-4-11(8)14/h5-6H,1-4H2. The first-order chi connectivity index (χ1) is 6.68. The topological polar surface area (TPSA) is 17.1 Å². The van der Waals surface area contributed by atoms with Crippen LogP contribution in [0.15, 0.2) is 16.6 Å². The Balaban J connectivity index is 2.54. The fraction of sp³-hybridized carbons (Fsp3) is 0.364. The van der Waals surface area contributed by atoms with E-state index in [1.165, 1.54) is 6.07 Å². The molecule has 0 aromatic heterocycles. The van der Waals surface area contributed by atoms with Crippen LogP contribution >= 0.6 is 15.9 Å². The van der Waals surface area contributed by atoms with Crippen LogP contribution in [0.5, 0.6) is 0 Å². The molecule has 0 N–H and O–H groups in total. The molecule has 1 aromatic rings. The van der Waals surface area contributed by atoms with Gasteiger partial charge in [0.25, 0.3) is 0 Å². The van der Waals surface area contributed by atoms with Gasteiger partial charge < -0.3 is 0 Å². The third-order valence-corrected chi connectivity index (χ3v) is 3.15. The second-order valence-corrected chi connectivity index (χ2v) is 4.41. The molecule has 1 aromatic carbocycles. The lowest BCUT2D eigenvalue weighted by Gasteiger charge is -2.05. The largest absolute Gasteiger partial charge is 0.294 e. The van der Waals surface area contributed by atoms with E-state index < -0.39 is 0 Å². The molecule has 3 heteroatoms. The Morgan fingerprint density at radius 3 is 2.71 bits per heavy atom. The summed E-state index contributed by atoms with van der Waals surface area (Å²) in [7, 11) is 0. The summed E-state index contributed by atoms with van der Waals surface area (Å²) in [5.74, 6) is -0.142. The Morgan fingerprint density at radius 1 is 1.21 bits per heavy atom. The van der Waals surface area contributed by atoms with Crippen molar-refractivity contribution in [1.82, 2.24) is 0 Å². The number of ketones is 1. The van der Waals surface area contributed by atoms with Crippen LogP contribution in [-0.2, 0) is 6.42 Å². The quantitative estimate of drug-likeness (QED) is 0.650. The Hall–Kier alpha value is -0.700. The minimum absolute atomic E-state index is 0.137. The van der Waals surface area contributed by atoms with Crippen molar-refractivity contribution in [3.8, 4) is 0 Å². The van der Waals surface area contributed by atoms with Crippen LogP contribution in [-0.4, -0.2) is 5.78 Å². The minimum Gasteiger partial charge on any atom is -0.294 e. The number of fused-ring (bicyclic) bond motifs is 1. The third kappa shape index (κ3) is 1.73. The van der Waals surface area contributed by atoms with Crippen LogP contribution < -0.4 is 0 Å². The first kappa shape index (κ1) is 9.84. The lowest BCUT2D eigenvalue weighted by molar-refractivity contribution is 0.0982. The molecular weight excluding hydrogens is 247 g/mol. The number of hydrogen-bond acceptors (Lipinski definition) is 1. The molecule has 0 heterocycles. The molecule has 0 aliphatic heterocycles. The first-order valence-electron chi connectivity index (χ1n) is 4.69.